The zero-order chi connectivity index (χ0) is 14.4. The number of pyridine rings is 2. The maximum absolute atomic E-state index is 11.5. The van der Waals surface area contributed by atoms with Crippen molar-refractivity contribution < 1.29 is 9.53 Å². The Morgan fingerprint density at radius 2 is 2.00 bits per heavy atom. The first-order valence-electron chi connectivity index (χ1n) is 6.35. The Kier molecular flexibility index (Phi) is 4.65. The summed E-state index contributed by atoms with van der Waals surface area (Å²) in [5.74, 6) is 0.401. The molecule has 0 aliphatic heterocycles. The number of esters is 1. The molecule has 0 N–H and O–H groups in total. The molecule has 0 fully saturated rings. The zero-order valence-electron chi connectivity index (χ0n) is 11.6. The summed E-state index contributed by atoms with van der Waals surface area (Å²) in [6, 6.07) is 7.36. The van der Waals surface area contributed by atoms with Gasteiger partial charge in [0, 0.05) is 32.2 Å². The molecule has 0 spiro atoms. The number of hydrogen-bond acceptors (Lipinski definition) is 5. The van der Waals surface area contributed by atoms with Gasteiger partial charge < -0.3 is 9.64 Å². The van der Waals surface area contributed by atoms with E-state index in [1.54, 1.807) is 30.7 Å². The third-order valence-electron chi connectivity index (χ3n) is 3.04. The number of carbonyl (C=O) groups excluding carboxylic acids is 1. The average molecular weight is 271 g/mol. The van der Waals surface area contributed by atoms with Crippen LogP contribution in [0.15, 0.2) is 42.9 Å². The molecule has 0 unspecified atom stereocenters. The Hall–Kier alpha value is -2.43. The van der Waals surface area contributed by atoms with Crippen molar-refractivity contribution in [3.05, 3.63) is 54.0 Å². The summed E-state index contributed by atoms with van der Waals surface area (Å²) in [5.41, 5.74) is 1.73. The minimum absolute atomic E-state index is 0.351. The lowest BCUT2D eigenvalue weighted by Crippen LogP contribution is -2.21. The number of anilines is 1. The van der Waals surface area contributed by atoms with Crippen molar-refractivity contribution in [1.82, 2.24) is 9.97 Å². The number of carbonyl (C=O) groups is 1. The van der Waals surface area contributed by atoms with Gasteiger partial charge in [-0.3, -0.25) is 4.98 Å². The van der Waals surface area contributed by atoms with Crippen LogP contribution in [-0.4, -0.2) is 36.6 Å². The molecule has 0 aliphatic carbocycles. The van der Waals surface area contributed by atoms with E-state index in [0.717, 1.165) is 18.8 Å². The summed E-state index contributed by atoms with van der Waals surface area (Å²) >= 11 is 0. The van der Waals surface area contributed by atoms with Crippen LogP contribution >= 0.6 is 0 Å². The van der Waals surface area contributed by atoms with E-state index in [4.69, 9.17) is 4.74 Å². The van der Waals surface area contributed by atoms with Crippen molar-refractivity contribution in [2.75, 3.05) is 25.6 Å². The third kappa shape index (κ3) is 3.54. The van der Waals surface area contributed by atoms with Crippen molar-refractivity contribution in [1.29, 1.82) is 0 Å². The first kappa shape index (κ1) is 14.0. The van der Waals surface area contributed by atoms with Crippen LogP contribution in [0.4, 0.5) is 5.82 Å². The molecular formula is C15H17N3O2. The molecule has 2 rings (SSSR count). The Balaban J connectivity index is 2.02. The molecule has 0 saturated heterocycles. The van der Waals surface area contributed by atoms with Gasteiger partial charge >= 0.3 is 5.97 Å². The maximum Gasteiger partial charge on any atom is 0.338 e. The second kappa shape index (κ2) is 6.65. The second-order valence-electron chi connectivity index (χ2n) is 4.42. The molecule has 0 amide bonds. The first-order valence-corrected chi connectivity index (χ1v) is 6.35. The van der Waals surface area contributed by atoms with E-state index < -0.39 is 0 Å². The lowest BCUT2D eigenvalue weighted by molar-refractivity contribution is 0.0600. The maximum atomic E-state index is 11.5. The standard InChI is InChI=1S/C15H17N3O2/c1-18(10-6-12-3-7-16-8-4-12)14-11-13(5-9-17-14)15(19)20-2/h3-5,7-9,11H,6,10H2,1-2H3. The van der Waals surface area contributed by atoms with Crippen LogP contribution in [0.1, 0.15) is 15.9 Å². The molecule has 0 aliphatic rings. The average Bonchev–Trinajstić information content (AvgIpc) is 2.53. The molecule has 0 bridgehead atoms. The van der Waals surface area contributed by atoms with Crippen molar-refractivity contribution in [2.24, 2.45) is 0 Å². The summed E-state index contributed by atoms with van der Waals surface area (Å²) in [6.07, 6.45) is 6.07. The Morgan fingerprint density at radius 3 is 2.70 bits per heavy atom. The van der Waals surface area contributed by atoms with Crippen LogP contribution in [0.5, 0.6) is 0 Å². The minimum Gasteiger partial charge on any atom is -0.465 e. The lowest BCUT2D eigenvalue weighted by Gasteiger charge is -2.18. The highest BCUT2D eigenvalue weighted by Crippen LogP contribution is 2.12. The topological polar surface area (TPSA) is 55.3 Å². The molecule has 2 heterocycles. The van der Waals surface area contributed by atoms with E-state index in [1.165, 1.54) is 12.7 Å². The Bertz CT molecular complexity index is 572. The highest BCUT2D eigenvalue weighted by Gasteiger charge is 2.09. The molecule has 0 aromatic carbocycles. The molecule has 2 aromatic heterocycles. The van der Waals surface area contributed by atoms with Crippen LogP contribution in [0.3, 0.4) is 0 Å². The molecule has 104 valence electrons. The highest BCUT2D eigenvalue weighted by atomic mass is 16.5. The van der Waals surface area contributed by atoms with Crippen LogP contribution in [0.25, 0.3) is 0 Å². The predicted molar refractivity (Wildman–Crippen MR) is 76.8 cm³/mol. The Labute approximate surface area is 118 Å². The van der Waals surface area contributed by atoms with Crippen LogP contribution in [0.2, 0.25) is 0 Å². The van der Waals surface area contributed by atoms with Gasteiger partial charge in [-0.25, -0.2) is 9.78 Å². The zero-order valence-corrected chi connectivity index (χ0v) is 11.6. The summed E-state index contributed by atoms with van der Waals surface area (Å²) < 4.78 is 4.71. The van der Waals surface area contributed by atoms with E-state index in [2.05, 4.69) is 9.97 Å². The summed E-state index contributed by atoms with van der Waals surface area (Å²) in [7, 11) is 3.32. The quantitative estimate of drug-likeness (QED) is 0.778. The highest BCUT2D eigenvalue weighted by molar-refractivity contribution is 5.90. The van der Waals surface area contributed by atoms with E-state index in [9.17, 15) is 4.79 Å². The monoisotopic (exact) mass is 271 g/mol. The number of methoxy groups -OCH3 is 1. The molecule has 0 atom stereocenters. The largest absolute Gasteiger partial charge is 0.465 e. The number of rotatable bonds is 5. The molecule has 20 heavy (non-hydrogen) atoms. The van der Waals surface area contributed by atoms with Crippen molar-refractivity contribution in [3.8, 4) is 0 Å². The van der Waals surface area contributed by atoms with Gasteiger partial charge in [-0.15, -0.1) is 0 Å². The molecule has 2 aromatic rings. The number of hydrogen-bond donors (Lipinski definition) is 0. The van der Waals surface area contributed by atoms with Gasteiger partial charge in [0.15, 0.2) is 0 Å². The van der Waals surface area contributed by atoms with Gasteiger partial charge in [-0.05, 0) is 36.2 Å². The smallest absolute Gasteiger partial charge is 0.338 e. The third-order valence-corrected chi connectivity index (χ3v) is 3.04. The van der Waals surface area contributed by atoms with E-state index in [1.807, 2.05) is 24.1 Å². The molecule has 0 saturated carbocycles. The molecule has 5 heteroatoms. The van der Waals surface area contributed by atoms with Gasteiger partial charge in [0.05, 0.1) is 12.7 Å². The van der Waals surface area contributed by atoms with Crippen molar-refractivity contribution in [3.63, 3.8) is 0 Å². The number of ether oxygens (including phenoxy) is 1. The van der Waals surface area contributed by atoms with Gasteiger partial charge in [-0.2, -0.15) is 0 Å². The van der Waals surface area contributed by atoms with Crippen LogP contribution in [-0.2, 0) is 11.2 Å². The molecule has 5 nitrogen and oxygen atoms in total. The lowest BCUT2D eigenvalue weighted by atomic mass is 10.2. The van der Waals surface area contributed by atoms with E-state index in [-0.39, 0.29) is 5.97 Å². The minimum atomic E-state index is -0.351. The fourth-order valence-corrected chi connectivity index (χ4v) is 1.83. The summed E-state index contributed by atoms with van der Waals surface area (Å²) in [4.78, 5) is 21.8. The fourth-order valence-electron chi connectivity index (χ4n) is 1.83. The first-order chi connectivity index (χ1) is 9.70. The van der Waals surface area contributed by atoms with Gasteiger partial charge in [-0.1, -0.05) is 0 Å². The van der Waals surface area contributed by atoms with Crippen molar-refractivity contribution >= 4 is 11.8 Å². The summed E-state index contributed by atoms with van der Waals surface area (Å²) in [5, 5.41) is 0. The van der Waals surface area contributed by atoms with Crippen molar-refractivity contribution in [2.45, 2.75) is 6.42 Å². The van der Waals surface area contributed by atoms with E-state index >= 15 is 0 Å². The van der Waals surface area contributed by atoms with Gasteiger partial charge in [0.2, 0.25) is 0 Å². The number of aromatic nitrogens is 2. The second-order valence-corrected chi connectivity index (χ2v) is 4.42. The van der Waals surface area contributed by atoms with Crippen LogP contribution in [0, 0.1) is 0 Å². The number of nitrogens with zero attached hydrogens (tertiary/aromatic N) is 3. The fraction of sp³-hybridized carbons (Fsp3) is 0.267. The number of likely N-dealkylation sites (N-methyl/N-ethyl adjacent to an activating group) is 1. The summed E-state index contributed by atoms with van der Waals surface area (Å²) in [6.45, 7) is 0.807. The van der Waals surface area contributed by atoms with Gasteiger partial charge in [0.1, 0.15) is 5.82 Å². The predicted octanol–water partition coefficient (Wildman–Crippen LogP) is 1.94. The van der Waals surface area contributed by atoms with E-state index in [0.29, 0.717) is 5.56 Å². The normalized spacial score (nSPS) is 10.1. The molecule has 0 radical (unpaired) electrons. The SMILES string of the molecule is COC(=O)c1ccnc(N(C)CCc2ccncc2)c1. The van der Waals surface area contributed by atoms with Gasteiger partial charge in [0.25, 0.3) is 0 Å². The van der Waals surface area contributed by atoms with Crippen LogP contribution < -0.4 is 4.90 Å². The Morgan fingerprint density at radius 1 is 1.25 bits per heavy atom. The molecular weight excluding hydrogens is 254 g/mol.